The van der Waals surface area contributed by atoms with E-state index in [2.05, 4.69) is 42.9 Å². The van der Waals surface area contributed by atoms with Gasteiger partial charge in [0.05, 0.1) is 0 Å². The molecule has 0 aliphatic carbocycles. The molecule has 0 N–H and O–H groups in total. The summed E-state index contributed by atoms with van der Waals surface area (Å²) >= 11 is 0. The van der Waals surface area contributed by atoms with Gasteiger partial charge in [0.1, 0.15) is 7.05 Å². The van der Waals surface area contributed by atoms with Crippen molar-refractivity contribution in [2.75, 3.05) is 0 Å². The van der Waals surface area contributed by atoms with Crippen molar-refractivity contribution in [1.29, 1.82) is 0 Å². The van der Waals surface area contributed by atoms with Gasteiger partial charge in [-0.15, -0.1) is 0 Å². The van der Waals surface area contributed by atoms with E-state index in [4.69, 9.17) is 0 Å². The van der Waals surface area contributed by atoms with E-state index >= 15 is 0 Å². The molecule has 13 heavy (non-hydrogen) atoms. The van der Waals surface area contributed by atoms with E-state index in [-0.39, 0.29) is 0 Å². The van der Waals surface area contributed by atoms with Crippen molar-refractivity contribution in [1.82, 2.24) is 0 Å². The van der Waals surface area contributed by atoms with Gasteiger partial charge >= 0.3 is 0 Å². The maximum absolute atomic E-state index is 2.25. The lowest BCUT2D eigenvalue weighted by Crippen LogP contribution is -2.32. The van der Waals surface area contributed by atoms with Crippen LogP contribution in [0.15, 0.2) is 24.4 Å². The van der Waals surface area contributed by atoms with Crippen LogP contribution >= 0.6 is 0 Å². The first-order valence-electron chi connectivity index (χ1n) is 5.28. The molecule has 1 aromatic heterocycles. The molecule has 0 saturated carbocycles. The van der Waals surface area contributed by atoms with E-state index < -0.39 is 0 Å². The summed E-state index contributed by atoms with van der Waals surface area (Å²) in [6.07, 6.45) is 8.72. The van der Waals surface area contributed by atoms with E-state index in [1.165, 1.54) is 37.8 Å². The predicted molar refractivity (Wildman–Crippen MR) is 55.5 cm³/mol. The molecule has 0 saturated heterocycles. The molecule has 1 heterocycles. The Hall–Kier alpha value is -0.850. The topological polar surface area (TPSA) is 3.88 Å². The van der Waals surface area contributed by atoms with E-state index in [1.807, 2.05) is 0 Å². The summed E-state index contributed by atoms with van der Waals surface area (Å²) < 4.78 is 2.21. The van der Waals surface area contributed by atoms with Gasteiger partial charge in [0, 0.05) is 18.6 Å². The third kappa shape index (κ3) is 3.58. The molecule has 0 aliphatic heterocycles. The second-order valence-corrected chi connectivity index (χ2v) is 3.61. The summed E-state index contributed by atoms with van der Waals surface area (Å²) in [5.74, 6) is 0. The van der Waals surface area contributed by atoms with Crippen molar-refractivity contribution in [3.05, 3.63) is 30.1 Å². The fourth-order valence-electron chi connectivity index (χ4n) is 1.55. The number of pyridine rings is 1. The molecule has 0 aliphatic rings. The van der Waals surface area contributed by atoms with Crippen LogP contribution in [0.25, 0.3) is 0 Å². The first kappa shape index (κ1) is 10.2. The maximum Gasteiger partial charge on any atom is 0.181 e. The summed E-state index contributed by atoms with van der Waals surface area (Å²) in [5, 5.41) is 0. The predicted octanol–water partition coefficient (Wildman–Crippen LogP) is 2.63. The van der Waals surface area contributed by atoms with Crippen molar-refractivity contribution in [3.8, 4) is 0 Å². The molecule has 1 nitrogen and oxygen atoms in total. The van der Waals surface area contributed by atoms with Gasteiger partial charge in [0.2, 0.25) is 0 Å². The van der Waals surface area contributed by atoms with Gasteiger partial charge < -0.3 is 0 Å². The van der Waals surface area contributed by atoms with Crippen molar-refractivity contribution in [2.24, 2.45) is 7.05 Å². The number of unbranched alkanes of at least 4 members (excludes halogenated alkanes) is 3. The minimum absolute atomic E-state index is 1.22. The molecule has 72 valence electrons. The van der Waals surface area contributed by atoms with Gasteiger partial charge in [-0.1, -0.05) is 32.3 Å². The molecule has 0 fully saturated rings. The zero-order valence-electron chi connectivity index (χ0n) is 8.79. The number of aryl methyl sites for hydroxylation is 2. The highest BCUT2D eigenvalue weighted by atomic mass is 14.9. The first-order chi connectivity index (χ1) is 6.34. The summed E-state index contributed by atoms with van der Waals surface area (Å²) in [5.41, 5.74) is 1.44. The van der Waals surface area contributed by atoms with Crippen LogP contribution in [0, 0.1) is 0 Å². The summed E-state index contributed by atoms with van der Waals surface area (Å²) in [6, 6.07) is 6.41. The van der Waals surface area contributed by atoms with E-state index in [9.17, 15) is 0 Å². The Kier molecular flexibility index (Phi) is 4.52. The van der Waals surface area contributed by atoms with Crippen LogP contribution < -0.4 is 4.57 Å². The van der Waals surface area contributed by atoms with E-state index in [0.29, 0.717) is 0 Å². The van der Waals surface area contributed by atoms with E-state index in [1.54, 1.807) is 0 Å². The van der Waals surface area contributed by atoms with E-state index in [0.717, 1.165) is 0 Å². The summed E-state index contributed by atoms with van der Waals surface area (Å²) in [4.78, 5) is 0. The van der Waals surface area contributed by atoms with Crippen LogP contribution in [0.1, 0.15) is 38.3 Å². The highest BCUT2D eigenvalue weighted by molar-refractivity contribution is 4.96. The quantitative estimate of drug-likeness (QED) is 0.482. The Morgan fingerprint density at radius 2 is 2.00 bits per heavy atom. The minimum Gasteiger partial charge on any atom is -0.205 e. The Morgan fingerprint density at radius 1 is 1.15 bits per heavy atom. The lowest BCUT2D eigenvalue weighted by molar-refractivity contribution is -0.679. The highest BCUT2D eigenvalue weighted by Crippen LogP contribution is 2.03. The zero-order valence-corrected chi connectivity index (χ0v) is 8.79. The molecular weight excluding hydrogens is 158 g/mol. The van der Waals surface area contributed by atoms with Crippen LogP contribution in [0.5, 0.6) is 0 Å². The zero-order chi connectivity index (χ0) is 9.52. The number of rotatable bonds is 5. The fraction of sp³-hybridized carbons (Fsp3) is 0.583. The number of aromatic nitrogens is 1. The molecule has 0 aromatic carbocycles. The molecule has 1 rings (SSSR count). The summed E-state index contributed by atoms with van der Waals surface area (Å²) in [6.45, 7) is 2.25. The monoisotopic (exact) mass is 178 g/mol. The van der Waals surface area contributed by atoms with Crippen LogP contribution in [0.2, 0.25) is 0 Å². The van der Waals surface area contributed by atoms with Gasteiger partial charge in [-0.3, -0.25) is 0 Å². The molecule has 0 bridgehead atoms. The molecule has 0 amide bonds. The van der Waals surface area contributed by atoms with Gasteiger partial charge in [-0.05, 0) is 6.42 Å². The second-order valence-electron chi connectivity index (χ2n) is 3.61. The summed E-state index contributed by atoms with van der Waals surface area (Å²) in [7, 11) is 2.12. The minimum atomic E-state index is 1.22. The SMILES string of the molecule is CCCCCCc1cccc[n+]1C. The van der Waals surface area contributed by atoms with Crippen molar-refractivity contribution >= 4 is 0 Å². The normalized spacial score (nSPS) is 10.3. The van der Waals surface area contributed by atoms with Crippen LogP contribution in [0.4, 0.5) is 0 Å². The van der Waals surface area contributed by atoms with Gasteiger partial charge in [0.25, 0.3) is 0 Å². The fourth-order valence-corrected chi connectivity index (χ4v) is 1.55. The van der Waals surface area contributed by atoms with Crippen molar-refractivity contribution in [3.63, 3.8) is 0 Å². The third-order valence-electron chi connectivity index (χ3n) is 2.45. The second kappa shape index (κ2) is 5.74. The highest BCUT2D eigenvalue weighted by Gasteiger charge is 2.02. The number of hydrogen-bond donors (Lipinski definition) is 0. The number of hydrogen-bond acceptors (Lipinski definition) is 0. The van der Waals surface area contributed by atoms with Gasteiger partial charge in [-0.2, -0.15) is 0 Å². The Labute approximate surface area is 81.4 Å². The lowest BCUT2D eigenvalue weighted by Gasteiger charge is -1.98. The Bertz CT molecular complexity index is 243. The van der Waals surface area contributed by atoms with Gasteiger partial charge in [-0.25, -0.2) is 4.57 Å². The van der Waals surface area contributed by atoms with Crippen LogP contribution in [0.3, 0.4) is 0 Å². The van der Waals surface area contributed by atoms with Crippen LogP contribution in [-0.4, -0.2) is 0 Å². The van der Waals surface area contributed by atoms with Gasteiger partial charge in [0.15, 0.2) is 11.9 Å². The van der Waals surface area contributed by atoms with Crippen LogP contribution in [-0.2, 0) is 13.5 Å². The standard InChI is InChI=1S/C12H20N/c1-3-4-5-6-9-12-10-7-8-11-13(12)2/h7-8,10-11H,3-6,9H2,1-2H3/q+1. The van der Waals surface area contributed by atoms with Crippen molar-refractivity contribution in [2.45, 2.75) is 39.0 Å². The Balaban J connectivity index is 2.32. The molecule has 0 unspecified atom stereocenters. The molecule has 0 atom stereocenters. The third-order valence-corrected chi connectivity index (χ3v) is 2.45. The average molecular weight is 178 g/mol. The van der Waals surface area contributed by atoms with Crippen molar-refractivity contribution < 1.29 is 4.57 Å². The number of nitrogens with zero attached hydrogens (tertiary/aromatic N) is 1. The molecule has 1 heteroatoms. The molecule has 0 spiro atoms. The first-order valence-corrected chi connectivity index (χ1v) is 5.28. The lowest BCUT2D eigenvalue weighted by atomic mass is 10.1. The smallest absolute Gasteiger partial charge is 0.181 e. The average Bonchev–Trinajstić information content (AvgIpc) is 2.15. The Morgan fingerprint density at radius 3 is 2.69 bits per heavy atom. The molecule has 1 aromatic rings. The molecular formula is C12H20N+. The largest absolute Gasteiger partial charge is 0.205 e. The molecule has 0 radical (unpaired) electrons. The maximum atomic E-state index is 2.25.